The Labute approximate surface area is 160 Å². The largest absolute Gasteiger partial charge is 0.322 e. The monoisotopic (exact) mass is 390 g/mol. The lowest BCUT2D eigenvalue weighted by Crippen LogP contribution is -2.35. The summed E-state index contributed by atoms with van der Waals surface area (Å²) in [4.78, 5) is 19.5. The van der Waals surface area contributed by atoms with E-state index in [9.17, 15) is 13.2 Å². The molecule has 2 aromatic rings. The van der Waals surface area contributed by atoms with Gasteiger partial charge in [-0.25, -0.2) is 17.7 Å². The molecule has 0 fully saturated rings. The predicted octanol–water partition coefficient (Wildman–Crippen LogP) is 2.41. The van der Waals surface area contributed by atoms with Crippen molar-refractivity contribution in [2.24, 2.45) is 0 Å². The summed E-state index contributed by atoms with van der Waals surface area (Å²) in [5.74, 6) is 1.08. The number of nitrogens with zero attached hydrogens (tertiary/aromatic N) is 4. The zero-order chi connectivity index (χ0) is 19.9. The number of anilines is 1. The molecule has 0 radical (unpaired) electrons. The molecule has 27 heavy (non-hydrogen) atoms. The van der Waals surface area contributed by atoms with Gasteiger partial charge in [0.25, 0.3) is 0 Å². The fraction of sp³-hybridized carbons (Fsp3) is 0.474. The topological polar surface area (TPSA) is 75.5 Å². The summed E-state index contributed by atoms with van der Waals surface area (Å²) in [5, 5.41) is 0. The second-order valence-corrected chi connectivity index (χ2v) is 9.49. The van der Waals surface area contributed by atoms with Gasteiger partial charge in [-0.3, -0.25) is 4.79 Å². The van der Waals surface area contributed by atoms with Crippen molar-refractivity contribution in [3.05, 3.63) is 42.0 Å². The summed E-state index contributed by atoms with van der Waals surface area (Å²) in [6.07, 6.45) is 4.20. The number of carbonyl (C=O) groups is 1. The molecule has 1 aromatic carbocycles. The van der Waals surface area contributed by atoms with Gasteiger partial charge in [-0.05, 0) is 37.1 Å². The number of imidazole rings is 1. The highest BCUT2D eigenvalue weighted by molar-refractivity contribution is 7.89. The third-order valence-corrected chi connectivity index (χ3v) is 6.79. The number of aromatic nitrogens is 2. The van der Waals surface area contributed by atoms with Crippen LogP contribution in [-0.2, 0) is 21.2 Å². The van der Waals surface area contributed by atoms with Crippen LogP contribution in [0.1, 0.15) is 44.1 Å². The molecule has 3 rings (SSSR count). The summed E-state index contributed by atoms with van der Waals surface area (Å²) >= 11 is 0. The first kappa shape index (κ1) is 19.6. The Hall–Kier alpha value is -2.19. The van der Waals surface area contributed by atoms with E-state index in [1.54, 1.807) is 29.3 Å². The molecule has 1 aliphatic rings. The van der Waals surface area contributed by atoms with Crippen LogP contribution in [0.2, 0.25) is 0 Å². The minimum atomic E-state index is -3.49. The third kappa shape index (κ3) is 3.39. The molecule has 1 unspecified atom stereocenters. The number of benzene rings is 1. The van der Waals surface area contributed by atoms with Crippen molar-refractivity contribution < 1.29 is 13.2 Å². The molecule has 0 aliphatic carbocycles. The first-order valence-corrected chi connectivity index (χ1v) is 10.5. The van der Waals surface area contributed by atoms with E-state index in [-0.39, 0.29) is 22.8 Å². The van der Waals surface area contributed by atoms with E-state index in [1.165, 1.54) is 18.4 Å². The molecule has 0 bridgehead atoms. The average Bonchev–Trinajstić information content (AvgIpc) is 3.26. The SMILES string of the molecule is CC(C)c1nccn1C(C)C(=O)N1CCc2cc(S(=O)(=O)N(C)C)ccc21. The molecule has 1 amide bonds. The van der Waals surface area contributed by atoms with Crippen LogP contribution in [0.5, 0.6) is 0 Å². The van der Waals surface area contributed by atoms with E-state index in [2.05, 4.69) is 4.98 Å². The zero-order valence-corrected chi connectivity index (χ0v) is 17.2. The number of hydrogen-bond donors (Lipinski definition) is 0. The van der Waals surface area contributed by atoms with Crippen molar-refractivity contribution in [2.75, 3.05) is 25.5 Å². The average molecular weight is 391 g/mol. The summed E-state index contributed by atoms with van der Waals surface area (Å²) in [6.45, 7) is 6.52. The summed E-state index contributed by atoms with van der Waals surface area (Å²) in [6, 6.07) is 4.61. The molecular formula is C19H26N4O3S. The molecule has 8 heteroatoms. The van der Waals surface area contributed by atoms with Crippen LogP contribution < -0.4 is 4.90 Å². The van der Waals surface area contributed by atoms with Crippen LogP contribution in [0.3, 0.4) is 0 Å². The van der Waals surface area contributed by atoms with Crippen molar-refractivity contribution in [1.82, 2.24) is 13.9 Å². The van der Waals surface area contributed by atoms with E-state index in [0.717, 1.165) is 17.1 Å². The van der Waals surface area contributed by atoms with Gasteiger partial charge in [0.05, 0.1) is 4.90 Å². The van der Waals surface area contributed by atoms with Gasteiger partial charge in [-0.15, -0.1) is 0 Å². The summed E-state index contributed by atoms with van der Waals surface area (Å²) < 4.78 is 27.8. The van der Waals surface area contributed by atoms with Gasteiger partial charge in [0, 0.05) is 44.6 Å². The predicted molar refractivity (Wildman–Crippen MR) is 104 cm³/mol. The Morgan fingerprint density at radius 3 is 2.56 bits per heavy atom. The Morgan fingerprint density at radius 2 is 1.93 bits per heavy atom. The van der Waals surface area contributed by atoms with Crippen molar-refractivity contribution in [1.29, 1.82) is 0 Å². The van der Waals surface area contributed by atoms with Gasteiger partial charge in [0.1, 0.15) is 11.9 Å². The van der Waals surface area contributed by atoms with E-state index in [4.69, 9.17) is 0 Å². The summed E-state index contributed by atoms with van der Waals surface area (Å²) in [7, 11) is -0.463. The maximum atomic E-state index is 13.1. The molecule has 0 spiro atoms. The Balaban J connectivity index is 1.89. The van der Waals surface area contributed by atoms with Crippen LogP contribution in [0, 0.1) is 0 Å². The Bertz CT molecular complexity index is 963. The van der Waals surface area contributed by atoms with Crippen LogP contribution in [0.25, 0.3) is 0 Å². The maximum absolute atomic E-state index is 13.1. The minimum Gasteiger partial charge on any atom is -0.322 e. The quantitative estimate of drug-likeness (QED) is 0.786. The Kier molecular flexibility index (Phi) is 5.14. The third-order valence-electron chi connectivity index (χ3n) is 4.98. The first-order chi connectivity index (χ1) is 12.6. The number of hydrogen-bond acceptors (Lipinski definition) is 4. The number of sulfonamides is 1. The number of amides is 1. The minimum absolute atomic E-state index is 0.0168. The molecule has 0 N–H and O–H groups in total. The smallest absolute Gasteiger partial charge is 0.249 e. The fourth-order valence-corrected chi connectivity index (χ4v) is 4.37. The van der Waals surface area contributed by atoms with Gasteiger partial charge >= 0.3 is 0 Å². The Morgan fingerprint density at radius 1 is 1.22 bits per heavy atom. The molecule has 1 atom stereocenters. The first-order valence-electron chi connectivity index (χ1n) is 9.04. The molecule has 1 aliphatic heterocycles. The summed E-state index contributed by atoms with van der Waals surface area (Å²) in [5.41, 5.74) is 1.67. The zero-order valence-electron chi connectivity index (χ0n) is 16.4. The maximum Gasteiger partial charge on any atom is 0.249 e. The van der Waals surface area contributed by atoms with Crippen LogP contribution in [0.15, 0.2) is 35.5 Å². The van der Waals surface area contributed by atoms with Gasteiger partial charge in [-0.2, -0.15) is 0 Å². The molecule has 1 aromatic heterocycles. The normalized spacial score (nSPS) is 15.4. The lowest BCUT2D eigenvalue weighted by Gasteiger charge is -2.24. The molecule has 2 heterocycles. The molecule has 146 valence electrons. The highest BCUT2D eigenvalue weighted by Gasteiger charge is 2.31. The highest BCUT2D eigenvalue weighted by atomic mass is 32.2. The van der Waals surface area contributed by atoms with E-state index in [1.807, 2.05) is 31.5 Å². The molecule has 0 saturated heterocycles. The van der Waals surface area contributed by atoms with Crippen molar-refractivity contribution in [2.45, 2.75) is 44.0 Å². The number of rotatable bonds is 5. The van der Waals surface area contributed by atoms with E-state index < -0.39 is 10.0 Å². The van der Waals surface area contributed by atoms with Crippen molar-refractivity contribution >= 4 is 21.6 Å². The van der Waals surface area contributed by atoms with E-state index >= 15 is 0 Å². The molecule has 0 saturated carbocycles. The highest BCUT2D eigenvalue weighted by Crippen LogP contribution is 2.32. The van der Waals surface area contributed by atoms with Gasteiger partial charge in [-0.1, -0.05) is 13.8 Å². The molecular weight excluding hydrogens is 364 g/mol. The van der Waals surface area contributed by atoms with Crippen LogP contribution in [-0.4, -0.2) is 48.8 Å². The fourth-order valence-electron chi connectivity index (χ4n) is 3.42. The van der Waals surface area contributed by atoms with Crippen LogP contribution >= 0.6 is 0 Å². The lowest BCUT2D eigenvalue weighted by molar-refractivity contribution is -0.121. The number of fused-ring (bicyclic) bond motifs is 1. The number of carbonyl (C=O) groups excluding carboxylic acids is 1. The molecule has 7 nitrogen and oxygen atoms in total. The van der Waals surface area contributed by atoms with Crippen LogP contribution in [0.4, 0.5) is 5.69 Å². The second kappa shape index (κ2) is 7.09. The van der Waals surface area contributed by atoms with Crippen molar-refractivity contribution in [3.63, 3.8) is 0 Å². The standard InChI is InChI=1S/C19H26N4O3S/c1-13(2)18-20-9-11-22(18)14(3)19(24)23-10-8-15-12-16(6-7-17(15)23)27(25,26)21(4)5/h6-7,9,11-14H,8,10H2,1-5H3. The lowest BCUT2D eigenvalue weighted by atomic mass is 10.1. The van der Waals surface area contributed by atoms with E-state index in [0.29, 0.717) is 13.0 Å². The van der Waals surface area contributed by atoms with Gasteiger partial charge < -0.3 is 9.47 Å². The second-order valence-electron chi connectivity index (χ2n) is 7.34. The van der Waals surface area contributed by atoms with Gasteiger partial charge in [0.15, 0.2) is 0 Å². The van der Waals surface area contributed by atoms with Crippen molar-refractivity contribution in [3.8, 4) is 0 Å². The van der Waals surface area contributed by atoms with Gasteiger partial charge in [0.2, 0.25) is 15.9 Å².